The summed E-state index contributed by atoms with van der Waals surface area (Å²) in [5, 5.41) is 3.22. The van der Waals surface area contributed by atoms with Gasteiger partial charge in [0.05, 0.1) is 5.92 Å². The third-order valence-corrected chi connectivity index (χ3v) is 2.42. The molecule has 1 fully saturated rings. The summed E-state index contributed by atoms with van der Waals surface area (Å²) >= 11 is 0. The van der Waals surface area contributed by atoms with Crippen LogP contribution in [0.25, 0.3) is 0 Å². The molecule has 11 heavy (non-hydrogen) atoms. The molecule has 1 saturated heterocycles. The quantitative estimate of drug-likeness (QED) is 0.596. The van der Waals surface area contributed by atoms with Crippen LogP contribution in [-0.2, 0) is 4.79 Å². The molecule has 2 unspecified atom stereocenters. The van der Waals surface area contributed by atoms with E-state index in [1.165, 1.54) is 0 Å². The normalized spacial score (nSPS) is 31.7. The Morgan fingerprint density at radius 2 is 2.36 bits per heavy atom. The molecule has 0 saturated carbocycles. The van der Waals surface area contributed by atoms with Crippen LogP contribution in [0, 0.1) is 11.8 Å². The number of hydrogen-bond acceptors (Lipinski definition) is 2. The van der Waals surface area contributed by atoms with Gasteiger partial charge in [0.1, 0.15) is 0 Å². The van der Waals surface area contributed by atoms with E-state index in [-0.39, 0.29) is 11.8 Å². The van der Waals surface area contributed by atoms with Gasteiger partial charge in [-0.2, -0.15) is 0 Å². The molecule has 0 spiro atoms. The highest BCUT2D eigenvalue weighted by Gasteiger charge is 2.23. The number of rotatable bonds is 2. The first kappa shape index (κ1) is 8.53. The average molecular weight is 156 g/mol. The first-order valence-electron chi connectivity index (χ1n) is 4.24. The summed E-state index contributed by atoms with van der Waals surface area (Å²) in [5.74, 6) is 0.547. The van der Waals surface area contributed by atoms with E-state index in [9.17, 15) is 4.79 Å². The number of nitrogens with two attached hydrogens (primary N) is 1. The number of piperidine rings is 1. The molecular weight excluding hydrogens is 140 g/mol. The van der Waals surface area contributed by atoms with Gasteiger partial charge in [-0.15, -0.1) is 0 Å². The second-order valence-corrected chi connectivity index (χ2v) is 3.27. The van der Waals surface area contributed by atoms with Crippen LogP contribution in [0.5, 0.6) is 0 Å². The second-order valence-electron chi connectivity index (χ2n) is 3.27. The molecule has 3 heteroatoms. The zero-order valence-corrected chi connectivity index (χ0v) is 6.97. The summed E-state index contributed by atoms with van der Waals surface area (Å²) in [4.78, 5) is 10.8. The van der Waals surface area contributed by atoms with Crippen molar-refractivity contribution in [1.29, 1.82) is 0 Å². The fraction of sp³-hybridized carbons (Fsp3) is 0.875. The van der Waals surface area contributed by atoms with E-state index < -0.39 is 0 Å². The van der Waals surface area contributed by atoms with E-state index in [4.69, 9.17) is 5.73 Å². The highest BCUT2D eigenvalue weighted by Crippen LogP contribution is 2.18. The second kappa shape index (κ2) is 3.72. The maximum atomic E-state index is 10.8. The average Bonchev–Trinajstić information content (AvgIpc) is 2.05. The maximum absolute atomic E-state index is 10.8. The summed E-state index contributed by atoms with van der Waals surface area (Å²) in [6.45, 7) is 3.96. The summed E-state index contributed by atoms with van der Waals surface area (Å²) < 4.78 is 0. The van der Waals surface area contributed by atoms with Gasteiger partial charge in [-0.3, -0.25) is 4.79 Å². The van der Waals surface area contributed by atoms with Gasteiger partial charge in [0.25, 0.3) is 0 Å². The molecule has 1 heterocycles. The zero-order valence-electron chi connectivity index (χ0n) is 6.97. The topological polar surface area (TPSA) is 55.1 Å². The lowest BCUT2D eigenvalue weighted by atomic mass is 9.88. The lowest BCUT2D eigenvalue weighted by Crippen LogP contribution is -2.41. The molecule has 64 valence electrons. The molecule has 3 nitrogen and oxygen atoms in total. The smallest absolute Gasteiger partial charge is 0.221 e. The highest BCUT2D eigenvalue weighted by molar-refractivity contribution is 5.77. The minimum atomic E-state index is -0.157. The van der Waals surface area contributed by atoms with Gasteiger partial charge in [-0.1, -0.05) is 13.3 Å². The van der Waals surface area contributed by atoms with Crippen molar-refractivity contribution < 1.29 is 4.79 Å². The summed E-state index contributed by atoms with van der Waals surface area (Å²) in [6.07, 6.45) is 2.11. The monoisotopic (exact) mass is 156 g/mol. The van der Waals surface area contributed by atoms with Crippen LogP contribution in [0.3, 0.4) is 0 Å². The van der Waals surface area contributed by atoms with Crippen molar-refractivity contribution in [3.8, 4) is 0 Å². The minimum Gasteiger partial charge on any atom is -0.369 e. The fourth-order valence-corrected chi connectivity index (χ4v) is 1.56. The number of amides is 1. The number of carbonyl (C=O) groups excluding carboxylic acids is 1. The van der Waals surface area contributed by atoms with Gasteiger partial charge in [0.2, 0.25) is 5.91 Å². The van der Waals surface area contributed by atoms with Crippen LogP contribution in [0.15, 0.2) is 0 Å². The molecule has 1 aliphatic heterocycles. The van der Waals surface area contributed by atoms with Crippen molar-refractivity contribution in [2.75, 3.05) is 13.1 Å². The molecular formula is C8H16N2O. The van der Waals surface area contributed by atoms with Crippen LogP contribution < -0.4 is 11.1 Å². The molecule has 3 N–H and O–H groups in total. The SMILES string of the molecule is CCC1CNCC(C(N)=O)C1. The molecule has 1 rings (SSSR count). The Balaban J connectivity index is 2.39. The van der Waals surface area contributed by atoms with E-state index in [2.05, 4.69) is 12.2 Å². The Morgan fingerprint density at radius 1 is 1.64 bits per heavy atom. The van der Waals surface area contributed by atoms with Gasteiger partial charge in [-0.25, -0.2) is 0 Å². The fourth-order valence-electron chi connectivity index (χ4n) is 1.56. The van der Waals surface area contributed by atoms with E-state index >= 15 is 0 Å². The molecule has 1 amide bonds. The maximum Gasteiger partial charge on any atom is 0.221 e. The van der Waals surface area contributed by atoms with Gasteiger partial charge < -0.3 is 11.1 Å². The van der Waals surface area contributed by atoms with Gasteiger partial charge in [-0.05, 0) is 18.9 Å². The predicted octanol–water partition coefficient (Wildman–Crippen LogP) is 0.107. The Bertz CT molecular complexity index is 147. The highest BCUT2D eigenvalue weighted by atomic mass is 16.1. The van der Waals surface area contributed by atoms with Gasteiger partial charge in [0, 0.05) is 6.54 Å². The summed E-state index contributed by atoms with van der Waals surface area (Å²) in [5.41, 5.74) is 5.21. The minimum absolute atomic E-state index is 0.0636. The Kier molecular flexibility index (Phi) is 2.88. The first-order valence-corrected chi connectivity index (χ1v) is 4.24. The predicted molar refractivity (Wildman–Crippen MR) is 44.0 cm³/mol. The van der Waals surface area contributed by atoms with E-state index in [1.54, 1.807) is 0 Å². The van der Waals surface area contributed by atoms with E-state index in [1.807, 2.05) is 0 Å². The van der Waals surface area contributed by atoms with Crippen molar-refractivity contribution in [1.82, 2.24) is 5.32 Å². The molecule has 1 aliphatic rings. The largest absolute Gasteiger partial charge is 0.369 e. The standard InChI is InChI=1S/C8H16N2O/c1-2-6-3-7(8(9)11)5-10-4-6/h6-7,10H,2-5H2,1H3,(H2,9,11). The van der Waals surface area contributed by atoms with Crippen LogP contribution in [0.1, 0.15) is 19.8 Å². The van der Waals surface area contributed by atoms with Crippen molar-refractivity contribution in [2.45, 2.75) is 19.8 Å². The molecule has 0 aromatic rings. The van der Waals surface area contributed by atoms with Crippen LogP contribution in [0.2, 0.25) is 0 Å². The van der Waals surface area contributed by atoms with Crippen molar-refractivity contribution >= 4 is 5.91 Å². The lowest BCUT2D eigenvalue weighted by molar-refractivity contribution is -0.122. The summed E-state index contributed by atoms with van der Waals surface area (Å²) in [6, 6.07) is 0. The van der Waals surface area contributed by atoms with Crippen molar-refractivity contribution in [2.24, 2.45) is 17.6 Å². The zero-order chi connectivity index (χ0) is 8.27. The Hall–Kier alpha value is -0.570. The number of primary amides is 1. The molecule has 2 atom stereocenters. The van der Waals surface area contributed by atoms with E-state index in [0.717, 1.165) is 25.9 Å². The van der Waals surface area contributed by atoms with Crippen molar-refractivity contribution in [3.05, 3.63) is 0 Å². The Labute approximate surface area is 67.3 Å². The molecule has 0 aliphatic carbocycles. The number of nitrogens with one attached hydrogen (secondary N) is 1. The molecule has 0 bridgehead atoms. The molecule has 0 radical (unpaired) electrons. The lowest BCUT2D eigenvalue weighted by Gasteiger charge is -2.27. The molecule has 0 aromatic heterocycles. The number of hydrogen-bond donors (Lipinski definition) is 2. The van der Waals surface area contributed by atoms with Gasteiger partial charge >= 0.3 is 0 Å². The van der Waals surface area contributed by atoms with E-state index in [0.29, 0.717) is 5.92 Å². The third-order valence-electron chi connectivity index (χ3n) is 2.42. The summed E-state index contributed by atoms with van der Waals surface area (Å²) in [7, 11) is 0. The number of carbonyl (C=O) groups is 1. The molecule has 0 aromatic carbocycles. The Morgan fingerprint density at radius 3 is 2.91 bits per heavy atom. The third kappa shape index (κ3) is 2.19. The van der Waals surface area contributed by atoms with Crippen LogP contribution in [-0.4, -0.2) is 19.0 Å². The van der Waals surface area contributed by atoms with Crippen molar-refractivity contribution in [3.63, 3.8) is 0 Å². The van der Waals surface area contributed by atoms with Crippen LogP contribution >= 0.6 is 0 Å². The van der Waals surface area contributed by atoms with Gasteiger partial charge in [0.15, 0.2) is 0 Å². The first-order chi connectivity index (χ1) is 5.24. The van der Waals surface area contributed by atoms with Crippen LogP contribution in [0.4, 0.5) is 0 Å².